The lowest BCUT2D eigenvalue weighted by Crippen LogP contribution is -2.64. The van der Waals surface area contributed by atoms with Gasteiger partial charge in [-0.15, -0.1) is 0 Å². The zero-order valence-corrected chi connectivity index (χ0v) is 17.4. The van der Waals surface area contributed by atoms with Crippen molar-refractivity contribution < 1.29 is 18.4 Å². The number of fused-ring (bicyclic) bond motifs is 3. The van der Waals surface area contributed by atoms with Gasteiger partial charge in [0.15, 0.2) is 5.58 Å². The van der Waals surface area contributed by atoms with Gasteiger partial charge >= 0.3 is 0 Å². The Bertz CT molecular complexity index is 1090. The minimum absolute atomic E-state index is 0.109. The van der Waals surface area contributed by atoms with E-state index >= 15 is 0 Å². The lowest BCUT2D eigenvalue weighted by atomic mass is 9.91. The molecule has 1 aliphatic carbocycles. The Morgan fingerprint density at radius 2 is 2.07 bits per heavy atom. The van der Waals surface area contributed by atoms with E-state index in [0.717, 1.165) is 37.0 Å². The van der Waals surface area contributed by atoms with E-state index < -0.39 is 5.54 Å². The number of nitrogens with zero attached hydrogens (tertiary/aromatic N) is 2. The number of furan rings is 2. The smallest absolute Gasteiger partial charge is 0.272 e. The van der Waals surface area contributed by atoms with Gasteiger partial charge in [-0.2, -0.15) is 0 Å². The van der Waals surface area contributed by atoms with Crippen molar-refractivity contribution in [2.45, 2.75) is 70.6 Å². The van der Waals surface area contributed by atoms with Crippen molar-refractivity contribution >= 4 is 22.9 Å². The van der Waals surface area contributed by atoms with E-state index in [1.54, 1.807) is 23.3 Å². The summed E-state index contributed by atoms with van der Waals surface area (Å²) in [4.78, 5) is 28.8. The average molecular weight is 409 g/mol. The van der Waals surface area contributed by atoms with Gasteiger partial charge in [0.2, 0.25) is 5.91 Å². The second kappa shape index (κ2) is 7.07. The highest BCUT2D eigenvalue weighted by Gasteiger charge is 2.48. The third-order valence-electron chi connectivity index (χ3n) is 6.56. The minimum Gasteiger partial charge on any atom is -0.467 e. The number of hydrogen-bond donors (Lipinski definition) is 1. The van der Waals surface area contributed by atoms with Crippen molar-refractivity contribution in [1.82, 2.24) is 14.8 Å². The summed E-state index contributed by atoms with van der Waals surface area (Å²) >= 11 is 0. The molecule has 7 heteroatoms. The molecule has 0 spiro atoms. The van der Waals surface area contributed by atoms with Crippen LogP contribution in [0.3, 0.4) is 0 Å². The molecular weight excluding hydrogens is 382 g/mol. The maximum atomic E-state index is 13.6. The van der Waals surface area contributed by atoms with Crippen LogP contribution in [0.5, 0.6) is 0 Å². The molecule has 1 unspecified atom stereocenters. The zero-order valence-electron chi connectivity index (χ0n) is 17.4. The molecule has 1 atom stereocenters. The Morgan fingerprint density at radius 1 is 1.27 bits per heavy atom. The highest BCUT2D eigenvalue weighted by molar-refractivity contribution is 6.03. The first-order valence-electron chi connectivity index (χ1n) is 10.7. The Labute approximate surface area is 175 Å². The van der Waals surface area contributed by atoms with Crippen LogP contribution in [-0.2, 0) is 17.9 Å². The van der Waals surface area contributed by atoms with E-state index in [0.29, 0.717) is 23.6 Å². The SMILES string of the molecule is Cc1cc2c(cc3n2CC(C)(C(=O)NC2CCCCC2)N(Cc2ccco2)C3=O)o1. The number of aromatic nitrogens is 1. The van der Waals surface area contributed by atoms with E-state index in [4.69, 9.17) is 8.83 Å². The van der Waals surface area contributed by atoms with Gasteiger partial charge in [0.1, 0.15) is 22.8 Å². The molecule has 1 fully saturated rings. The number of hydrogen-bond acceptors (Lipinski definition) is 4. The topological polar surface area (TPSA) is 80.6 Å². The van der Waals surface area contributed by atoms with Crippen LogP contribution in [-0.4, -0.2) is 32.9 Å². The summed E-state index contributed by atoms with van der Waals surface area (Å²) in [5.74, 6) is 1.14. The molecule has 5 rings (SSSR count). The summed E-state index contributed by atoms with van der Waals surface area (Å²) in [6, 6.07) is 7.50. The summed E-state index contributed by atoms with van der Waals surface area (Å²) in [7, 11) is 0. The van der Waals surface area contributed by atoms with Crippen molar-refractivity contribution in [2.75, 3.05) is 0 Å². The normalized spacial score (nSPS) is 22.5. The van der Waals surface area contributed by atoms with Crippen LogP contribution in [0.15, 0.2) is 39.4 Å². The molecule has 2 amide bonds. The van der Waals surface area contributed by atoms with Crippen molar-refractivity contribution in [3.05, 3.63) is 47.7 Å². The maximum Gasteiger partial charge on any atom is 0.272 e. The van der Waals surface area contributed by atoms with E-state index in [2.05, 4.69) is 5.32 Å². The van der Waals surface area contributed by atoms with Crippen LogP contribution in [0, 0.1) is 6.92 Å². The van der Waals surface area contributed by atoms with Crippen LogP contribution < -0.4 is 5.32 Å². The van der Waals surface area contributed by atoms with Crippen LogP contribution in [0.2, 0.25) is 0 Å². The Balaban J connectivity index is 1.54. The van der Waals surface area contributed by atoms with Crippen LogP contribution in [0.25, 0.3) is 11.1 Å². The summed E-state index contributed by atoms with van der Waals surface area (Å²) < 4.78 is 13.2. The molecule has 0 aromatic carbocycles. The van der Waals surface area contributed by atoms with Crippen LogP contribution in [0.1, 0.15) is 61.0 Å². The molecule has 4 heterocycles. The first-order chi connectivity index (χ1) is 14.5. The number of nitrogens with one attached hydrogen (secondary N) is 1. The van der Waals surface area contributed by atoms with Crippen molar-refractivity contribution in [3.63, 3.8) is 0 Å². The Kier molecular flexibility index (Phi) is 4.49. The van der Waals surface area contributed by atoms with E-state index in [-0.39, 0.29) is 24.4 Å². The van der Waals surface area contributed by atoms with Crippen molar-refractivity contribution in [3.8, 4) is 0 Å². The lowest BCUT2D eigenvalue weighted by Gasteiger charge is -2.44. The fourth-order valence-electron chi connectivity index (χ4n) is 4.86. The van der Waals surface area contributed by atoms with Gasteiger partial charge in [-0.1, -0.05) is 19.3 Å². The standard InChI is InChI=1S/C23H27N3O4/c1-15-11-18-20(30-15)12-19-21(27)26(13-17-9-6-10-29-17)23(2,14-25(18)19)22(28)24-16-7-4-3-5-8-16/h6,9-12,16H,3-5,7-8,13-14H2,1-2H3,(H,24,28). The molecule has 7 nitrogen and oxygen atoms in total. The second-order valence-electron chi connectivity index (χ2n) is 8.78. The molecule has 1 N–H and O–H groups in total. The van der Waals surface area contributed by atoms with Crippen molar-refractivity contribution in [1.29, 1.82) is 0 Å². The zero-order chi connectivity index (χ0) is 20.9. The molecular formula is C23H27N3O4. The van der Waals surface area contributed by atoms with E-state index in [1.165, 1.54) is 6.42 Å². The van der Waals surface area contributed by atoms with E-state index in [9.17, 15) is 9.59 Å². The number of rotatable bonds is 4. The van der Waals surface area contributed by atoms with Gasteiger partial charge < -0.3 is 23.6 Å². The number of amides is 2. The predicted molar refractivity (Wildman–Crippen MR) is 111 cm³/mol. The molecule has 0 radical (unpaired) electrons. The number of aryl methyl sites for hydroxylation is 1. The third kappa shape index (κ3) is 3.04. The fraction of sp³-hybridized carbons (Fsp3) is 0.478. The van der Waals surface area contributed by atoms with Gasteiger partial charge in [-0.3, -0.25) is 9.59 Å². The molecule has 30 heavy (non-hydrogen) atoms. The van der Waals surface area contributed by atoms with Crippen LogP contribution in [0.4, 0.5) is 0 Å². The Morgan fingerprint density at radius 3 is 2.80 bits per heavy atom. The molecule has 1 aliphatic heterocycles. The number of carbonyl (C=O) groups is 2. The molecule has 2 aliphatic rings. The summed E-state index contributed by atoms with van der Waals surface area (Å²) in [6.45, 7) is 4.35. The molecule has 0 bridgehead atoms. The van der Waals surface area contributed by atoms with Crippen molar-refractivity contribution in [2.24, 2.45) is 0 Å². The van der Waals surface area contributed by atoms with Gasteiger partial charge in [0.25, 0.3) is 5.91 Å². The molecule has 3 aromatic rings. The monoisotopic (exact) mass is 409 g/mol. The average Bonchev–Trinajstić information content (AvgIpc) is 3.43. The third-order valence-corrected chi connectivity index (χ3v) is 6.56. The van der Waals surface area contributed by atoms with Gasteiger partial charge in [0, 0.05) is 18.2 Å². The second-order valence-corrected chi connectivity index (χ2v) is 8.78. The summed E-state index contributed by atoms with van der Waals surface area (Å²) in [5, 5.41) is 3.24. The minimum atomic E-state index is -1.04. The first-order valence-corrected chi connectivity index (χ1v) is 10.7. The van der Waals surface area contributed by atoms with Crippen LogP contribution >= 0.6 is 0 Å². The molecule has 0 saturated heterocycles. The number of carbonyl (C=O) groups excluding carboxylic acids is 2. The first kappa shape index (κ1) is 19.0. The fourth-order valence-corrected chi connectivity index (χ4v) is 4.86. The Hall–Kier alpha value is -2.96. The quantitative estimate of drug-likeness (QED) is 0.706. The molecule has 1 saturated carbocycles. The molecule has 158 valence electrons. The highest BCUT2D eigenvalue weighted by atomic mass is 16.3. The van der Waals surface area contributed by atoms with Gasteiger partial charge in [-0.05, 0) is 38.8 Å². The lowest BCUT2D eigenvalue weighted by molar-refractivity contribution is -0.134. The predicted octanol–water partition coefficient (Wildman–Crippen LogP) is 4.00. The summed E-state index contributed by atoms with van der Waals surface area (Å²) in [6.07, 6.45) is 7.06. The van der Waals surface area contributed by atoms with Gasteiger partial charge in [0.05, 0.1) is 24.9 Å². The van der Waals surface area contributed by atoms with E-state index in [1.807, 2.05) is 30.5 Å². The van der Waals surface area contributed by atoms with Gasteiger partial charge in [-0.25, -0.2) is 0 Å². The highest BCUT2D eigenvalue weighted by Crippen LogP contribution is 2.35. The largest absolute Gasteiger partial charge is 0.467 e. The molecule has 3 aromatic heterocycles. The maximum absolute atomic E-state index is 13.6. The summed E-state index contributed by atoms with van der Waals surface area (Å²) in [5.41, 5.74) is 1.03.